The Morgan fingerprint density at radius 2 is 1.82 bits per heavy atom. The normalized spacial score (nSPS) is 17.1. The Kier molecular flexibility index (Phi) is 4.19. The standard InChI is InChI=1S/C18H18N2O2/c21-17-11-10-16(19-17)18(22)20-15-9-5-4-8-14(15)12-13-6-2-1-3-7-13/h1-9,16H,10-12H2,(H,19,21)(H,20,22). The van der Waals surface area contributed by atoms with Crippen molar-refractivity contribution in [1.82, 2.24) is 5.32 Å². The highest BCUT2D eigenvalue weighted by Crippen LogP contribution is 2.20. The predicted molar refractivity (Wildman–Crippen MR) is 85.5 cm³/mol. The van der Waals surface area contributed by atoms with Crippen LogP contribution in [0.4, 0.5) is 5.69 Å². The molecule has 22 heavy (non-hydrogen) atoms. The molecule has 2 aromatic carbocycles. The van der Waals surface area contributed by atoms with Crippen LogP contribution in [-0.4, -0.2) is 17.9 Å². The molecule has 0 saturated carbocycles. The molecule has 3 rings (SSSR count). The SMILES string of the molecule is O=C1CCC(C(=O)Nc2ccccc2Cc2ccccc2)N1. The van der Waals surface area contributed by atoms with E-state index in [1.54, 1.807) is 0 Å². The van der Waals surface area contributed by atoms with Gasteiger partial charge in [0.05, 0.1) is 0 Å². The number of para-hydroxylation sites is 1. The minimum Gasteiger partial charge on any atom is -0.344 e. The smallest absolute Gasteiger partial charge is 0.246 e. The zero-order chi connectivity index (χ0) is 15.4. The van der Waals surface area contributed by atoms with Gasteiger partial charge in [-0.25, -0.2) is 0 Å². The molecule has 4 heteroatoms. The largest absolute Gasteiger partial charge is 0.344 e. The number of benzene rings is 2. The first-order chi connectivity index (χ1) is 10.7. The van der Waals surface area contributed by atoms with Crippen molar-refractivity contribution >= 4 is 17.5 Å². The van der Waals surface area contributed by atoms with Crippen molar-refractivity contribution in [2.75, 3.05) is 5.32 Å². The Hall–Kier alpha value is -2.62. The minimum atomic E-state index is -0.419. The monoisotopic (exact) mass is 294 g/mol. The molecular formula is C18H18N2O2. The zero-order valence-electron chi connectivity index (χ0n) is 12.2. The van der Waals surface area contributed by atoms with Crippen LogP contribution in [-0.2, 0) is 16.0 Å². The number of amides is 2. The summed E-state index contributed by atoms with van der Waals surface area (Å²) < 4.78 is 0. The minimum absolute atomic E-state index is 0.0577. The highest BCUT2D eigenvalue weighted by Gasteiger charge is 2.27. The number of rotatable bonds is 4. The Morgan fingerprint density at radius 1 is 1.09 bits per heavy atom. The summed E-state index contributed by atoms with van der Waals surface area (Å²) in [5.74, 6) is -0.205. The van der Waals surface area contributed by atoms with Gasteiger partial charge in [-0.05, 0) is 30.0 Å². The van der Waals surface area contributed by atoms with Crippen LogP contribution < -0.4 is 10.6 Å². The van der Waals surface area contributed by atoms with Gasteiger partial charge in [0.25, 0.3) is 0 Å². The van der Waals surface area contributed by atoms with Gasteiger partial charge >= 0.3 is 0 Å². The number of carbonyl (C=O) groups is 2. The average molecular weight is 294 g/mol. The van der Waals surface area contributed by atoms with Crippen LogP contribution in [0.25, 0.3) is 0 Å². The van der Waals surface area contributed by atoms with Crippen LogP contribution in [0.2, 0.25) is 0 Å². The quantitative estimate of drug-likeness (QED) is 0.910. The molecule has 0 aliphatic carbocycles. The summed E-state index contributed by atoms with van der Waals surface area (Å²) in [6.07, 6.45) is 1.74. The lowest BCUT2D eigenvalue weighted by atomic mass is 10.0. The van der Waals surface area contributed by atoms with Crippen LogP contribution in [0.3, 0.4) is 0 Å². The first-order valence-electron chi connectivity index (χ1n) is 7.44. The summed E-state index contributed by atoms with van der Waals surface area (Å²) in [5.41, 5.74) is 3.06. The molecule has 1 fully saturated rings. The summed E-state index contributed by atoms with van der Waals surface area (Å²) in [6.45, 7) is 0. The highest BCUT2D eigenvalue weighted by molar-refractivity contribution is 5.99. The molecule has 1 aliphatic rings. The van der Waals surface area contributed by atoms with Gasteiger partial charge < -0.3 is 10.6 Å². The summed E-state index contributed by atoms with van der Waals surface area (Å²) in [5, 5.41) is 5.63. The molecule has 0 aromatic heterocycles. The molecule has 2 N–H and O–H groups in total. The topological polar surface area (TPSA) is 58.2 Å². The van der Waals surface area contributed by atoms with Crippen molar-refractivity contribution in [3.63, 3.8) is 0 Å². The van der Waals surface area contributed by atoms with Crippen molar-refractivity contribution in [2.24, 2.45) is 0 Å². The summed E-state index contributed by atoms with van der Waals surface area (Å²) in [6, 6.07) is 17.5. The van der Waals surface area contributed by atoms with Crippen molar-refractivity contribution < 1.29 is 9.59 Å². The van der Waals surface area contributed by atoms with E-state index in [2.05, 4.69) is 22.8 Å². The van der Waals surface area contributed by atoms with Gasteiger partial charge in [0.15, 0.2) is 0 Å². The molecule has 4 nitrogen and oxygen atoms in total. The predicted octanol–water partition coefficient (Wildman–Crippen LogP) is 2.49. The lowest BCUT2D eigenvalue weighted by Crippen LogP contribution is -2.37. The van der Waals surface area contributed by atoms with Gasteiger partial charge in [0.1, 0.15) is 6.04 Å². The Morgan fingerprint density at radius 3 is 2.55 bits per heavy atom. The van der Waals surface area contributed by atoms with Crippen LogP contribution >= 0.6 is 0 Å². The second kappa shape index (κ2) is 6.43. The van der Waals surface area contributed by atoms with E-state index in [4.69, 9.17) is 0 Å². The van der Waals surface area contributed by atoms with Crippen LogP contribution in [0, 0.1) is 0 Å². The molecule has 1 unspecified atom stereocenters. The van der Waals surface area contributed by atoms with Gasteiger partial charge in [-0.2, -0.15) is 0 Å². The van der Waals surface area contributed by atoms with E-state index in [1.165, 1.54) is 5.56 Å². The van der Waals surface area contributed by atoms with Crippen molar-refractivity contribution in [3.8, 4) is 0 Å². The van der Waals surface area contributed by atoms with Crippen LogP contribution in [0.15, 0.2) is 54.6 Å². The first-order valence-corrected chi connectivity index (χ1v) is 7.44. The molecule has 112 valence electrons. The van der Waals surface area contributed by atoms with E-state index in [0.717, 1.165) is 17.7 Å². The third-order valence-electron chi connectivity index (χ3n) is 3.82. The summed E-state index contributed by atoms with van der Waals surface area (Å²) in [4.78, 5) is 23.5. The van der Waals surface area contributed by atoms with E-state index in [9.17, 15) is 9.59 Å². The molecule has 1 saturated heterocycles. The number of nitrogens with one attached hydrogen (secondary N) is 2. The average Bonchev–Trinajstić information content (AvgIpc) is 2.97. The van der Waals surface area contributed by atoms with E-state index >= 15 is 0 Å². The Balaban J connectivity index is 1.74. The molecule has 0 spiro atoms. The van der Waals surface area contributed by atoms with Gasteiger partial charge in [-0.1, -0.05) is 48.5 Å². The van der Waals surface area contributed by atoms with Gasteiger partial charge in [0, 0.05) is 12.1 Å². The fourth-order valence-corrected chi connectivity index (χ4v) is 2.64. The van der Waals surface area contributed by atoms with E-state index < -0.39 is 6.04 Å². The molecule has 1 aliphatic heterocycles. The molecule has 1 atom stereocenters. The lowest BCUT2D eigenvalue weighted by Gasteiger charge is -2.14. The molecule has 2 amide bonds. The van der Waals surface area contributed by atoms with Crippen molar-refractivity contribution in [1.29, 1.82) is 0 Å². The molecule has 1 heterocycles. The van der Waals surface area contributed by atoms with Gasteiger partial charge in [-0.3, -0.25) is 9.59 Å². The van der Waals surface area contributed by atoms with Crippen molar-refractivity contribution in [3.05, 3.63) is 65.7 Å². The maximum atomic E-state index is 12.2. The van der Waals surface area contributed by atoms with Crippen molar-refractivity contribution in [2.45, 2.75) is 25.3 Å². The first kappa shape index (κ1) is 14.3. The third-order valence-corrected chi connectivity index (χ3v) is 3.82. The second-order valence-corrected chi connectivity index (χ2v) is 5.47. The maximum Gasteiger partial charge on any atom is 0.246 e. The maximum absolute atomic E-state index is 12.2. The lowest BCUT2D eigenvalue weighted by molar-refractivity contribution is -0.122. The Labute approximate surface area is 129 Å². The van der Waals surface area contributed by atoms with Gasteiger partial charge in [-0.15, -0.1) is 0 Å². The highest BCUT2D eigenvalue weighted by atomic mass is 16.2. The number of anilines is 1. The van der Waals surface area contributed by atoms with E-state index in [-0.39, 0.29) is 11.8 Å². The fourth-order valence-electron chi connectivity index (χ4n) is 2.64. The number of hydrogen-bond acceptors (Lipinski definition) is 2. The Bertz CT molecular complexity index is 682. The number of carbonyl (C=O) groups excluding carboxylic acids is 2. The molecule has 2 aromatic rings. The van der Waals surface area contributed by atoms with Crippen LogP contribution in [0.1, 0.15) is 24.0 Å². The summed E-state index contributed by atoms with van der Waals surface area (Å²) >= 11 is 0. The van der Waals surface area contributed by atoms with E-state index in [1.807, 2.05) is 42.5 Å². The molecule has 0 radical (unpaired) electrons. The van der Waals surface area contributed by atoms with Crippen LogP contribution in [0.5, 0.6) is 0 Å². The molecule has 0 bridgehead atoms. The molecular weight excluding hydrogens is 276 g/mol. The third kappa shape index (κ3) is 3.34. The number of hydrogen-bond donors (Lipinski definition) is 2. The van der Waals surface area contributed by atoms with E-state index in [0.29, 0.717) is 12.8 Å². The summed E-state index contributed by atoms with van der Waals surface area (Å²) in [7, 11) is 0. The van der Waals surface area contributed by atoms with Gasteiger partial charge in [0.2, 0.25) is 11.8 Å². The second-order valence-electron chi connectivity index (χ2n) is 5.47. The zero-order valence-corrected chi connectivity index (χ0v) is 12.2. The fraction of sp³-hybridized carbons (Fsp3) is 0.222.